The molecule has 0 atom stereocenters. The van der Waals surface area contributed by atoms with Crippen LogP contribution in [0.1, 0.15) is 38.5 Å². The van der Waals surface area contributed by atoms with Crippen LogP contribution in [0, 0.1) is 0 Å². The van der Waals surface area contributed by atoms with E-state index in [2.05, 4.69) is 5.32 Å². The van der Waals surface area contributed by atoms with E-state index in [-0.39, 0.29) is 17.7 Å². The predicted octanol–water partition coefficient (Wildman–Crippen LogP) is 0.720. The first-order chi connectivity index (χ1) is 11.4. The van der Waals surface area contributed by atoms with Crippen molar-refractivity contribution in [3.05, 3.63) is 24.3 Å². The molecule has 0 aliphatic carbocycles. The molecule has 132 valence electrons. The molecule has 1 aliphatic heterocycles. The Hall–Kier alpha value is -1.93. The molecule has 0 radical (unpaired) electrons. The molecule has 1 aromatic rings. The van der Waals surface area contributed by atoms with Crippen LogP contribution in [0.5, 0.6) is 0 Å². The number of aliphatic carboxylic acids is 1. The van der Waals surface area contributed by atoms with Crippen LogP contribution < -0.4 is 10.4 Å². The Balaban J connectivity index is 2.02. The van der Waals surface area contributed by atoms with Gasteiger partial charge in [-0.05, 0) is 43.5 Å². The first kappa shape index (κ1) is 18.4. The molecule has 2 rings (SSSR count). The van der Waals surface area contributed by atoms with Crippen LogP contribution in [-0.2, 0) is 19.6 Å². The van der Waals surface area contributed by atoms with E-state index >= 15 is 0 Å². The van der Waals surface area contributed by atoms with Gasteiger partial charge in [-0.1, -0.05) is 12.8 Å². The molecule has 0 saturated carbocycles. The number of nitrogens with one attached hydrogen (secondary N) is 1. The molecule has 7 nitrogen and oxygen atoms in total. The van der Waals surface area contributed by atoms with Gasteiger partial charge in [-0.15, -0.1) is 0 Å². The summed E-state index contributed by atoms with van der Waals surface area (Å²) in [4.78, 5) is 22.1. The minimum absolute atomic E-state index is 0.184. The maximum atomic E-state index is 12.6. The van der Waals surface area contributed by atoms with Crippen LogP contribution in [-0.4, -0.2) is 37.7 Å². The summed E-state index contributed by atoms with van der Waals surface area (Å²) in [5.74, 6) is -1.74. The molecular formula is C16H21N2O5S-. The Morgan fingerprint density at radius 3 is 2.12 bits per heavy atom. The molecule has 0 unspecified atom stereocenters. The van der Waals surface area contributed by atoms with Gasteiger partial charge in [-0.25, -0.2) is 8.42 Å². The van der Waals surface area contributed by atoms with Gasteiger partial charge in [0.1, 0.15) is 0 Å². The summed E-state index contributed by atoms with van der Waals surface area (Å²) in [5.41, 5.74) is 0.424. The fourth-order valence-electron chi connectivity index (χ4n) is 2.58. The second kappa shape index (κ2) is 8.25. The van der Waals surface area contributed by atoms with Crippen LogP contribution in [0.2, 0.25) is 0 Å². The Bertz CT molecular complexity index is 677. The number of carbonyl (C=O) groups excluding carboxylic acids is 2. The smallest absolute Gasteiger partial charge is 0.243 e. The van der Waals surface area contributed by atoms with Crippen LogP contribution in [0.15, 0.2) is 29.2 Å². The van der Waals surface area contributed by atoms with Gasteiger partial charge in [0.05, 0.1) is 4.90 Å². The number of hydrogen-bond donors (Lipinski definition) is 1. The van der Waals surface area contributed by atoms with Gasteiger partial charge in [-0.3, -0.25) is 4.79 Å². The number of amides is 1. The number of hydrogen-bond acceptors (Lipinski definition) is 5. The molecule has 1 amide bonds. The zero-order valence-electron chi connectivity index (χ0n) is 13.4. The predicted molar refractivity (Wildman–Crippen MR) is 86.5 cm³/mol. The maximum Gasteiger partial charge on any atom is 0.243 e. The molecule has 0 aromatic heterocycles. The highest BCUT2D eigenvalue weighted by Gasteiger charge is 2.24. The zero-order chi connectivity index (χ0) is 17.6. The highest BCUT2D eigenvalue weighted by molar-refractivity contribution is 7.89. The Kier molecular flexibility index (Phi) is 6.33. The molecule has 1 saturated heterocycles. The average Bonchev–Trinajstić information content (AvgIpc) is 2.83. The molecule has 1 heterocycles. The molecule has 1 fully saturated rings. The molecule has 0 bridgehead atoms. The number of benzene rings is 1. The van der Waals surface area contributed by atoms with Crippen LogP contribution >= 0.6 is 0 Å². The summed E-state index contributed by atoms with van der Waals surface area (Å²) in [5, 5.41) is 12.9. The quantitative estimate of drug-likeness (QED) is 0.811. The molecule has 8 heteroatoms. The number of sulfonamides is 1. The second-order valence-corrected chi connectivity index (χ2v) is 7.70. The summed E-state index contributed by atoms with van der Waals surface area (Å²) < 4.78 is 26.7. The topological polar surface area (TPSA) is 107 Å². The second-order valence-electron chi connectivity index (χ2n) is 5.76. The van der Waals surface area contributed by atoms with E-state index in [4.69, 9.17) is 0 Å². The Morgan fingerprint density at radius 2 is 1.58 bits per heavy atom. The molecule has 1 aromatic carbocycles. The normalized spacial score (nSPS) is 16.3. The zero-order valence-corrected chi connectivity index (χ0v) is 14.2. The number of anilines is 1. The van der Waals surface area contributed by atoms with Crippen molar-refractivity contribution in [3.63, 3.8) is 0 Å². The van der Waals surface area contributed by atoms with Crippen molar-refractivity contribution in [1.29, 1.82) is 0 Å². The lowest BCUT2D eigenvalue weighted by molar-refractivity contribution is -0.305. The van der Waals surface area contributed by atoms with Gasteiger partial charge in [0.15, 0.2) is 0 Å². The average molecular weight is 353 g/mol. The van der Waals surface area contributed by atoms with Gasteiger partial charge >= 0.3 is 0 Å². The third kappa shape index (κ3) is 5.04. The highest BCUT2D eigenvalue weighted by Crippen LogP contribution is 2.21. The van der Waals surface area contributed by atoms with Crippen LogP contribution in [0.4, 0.5) is 5.69 Å². The van der Waals surface area contributed by atoms with Gasteiger partial charge < -0.3 is 15.2 Å². The van der Waals surface area contributed by atoms with Gasteiger partial charge in [-0.2, -0.15) is 4.31 Å². The first-order valence-corrected chi connectivity index (χ1v) is 9.43. The number of carboxylic acids is 1. The van der Waals surface area contributed by atoms with Gasteiger partial charge in [0.2, 0.25) is 15.9 Å². The van der Waals surface area contributed by atoms with Crippen molar-refractivity contribution < 1.29 is 23.1 Å². The van der Waals surface area contributed by atoms with Crippen molar-refractivity contribution in [2.75, 3.05) is 18.4 Å². The van der Waals surface area contributed by atoms with Crippen molar-refractivity contribution in [2.45, 2.75) is 43.4 Å². The van der Waals surface area contributed by atoms with E-state index in [0.717, 1.165) is 25.7 Å². The van der Waals surface area contributed by atoms with Crippen molar-refractivity contribution in [2.24, 2.45) is 0 Å². The fourth-order valence-corrected chi connectivity index (χ4v) is 4.10. The van der Waals surface area contributed by atoms with E-state index < -0.39 is 21.9 Å². The highest BCUT2D eigenvalue weighted by atomic mass is 32.2. The molecule has 1 aliphatic rings. The lowest BCUT2D eigenvalue weighted by atomic mass is 10.2. The molecule has 24 heavy (non-hydrogen) atoms. The lowest BCUT2D eigenvalue weighted by Gasteiger charge is -2.20. The number of carboxylic acid groups (broad SMARTS) is 1. The summed E-state index contributed by atoms with van der Waals surface area (Å²) in [6, 6.07) is 5.91. The van der Waals surface area contributed by atoms with Crippen molar-refractivity contribution in [3.8, 4) is 0 Å². The largest absolute Gasteiger partial charge is 0.550 e. The van der Waals surface area contributed by atoms with Crippen LogP contribution in [0.25, 0.3) is 0 Å². The van der Waals surface area contributed by atoms with E-state index in [1.807, 2.05) is 0 Å². The third-order valence-electron chi connectivity index (χ3n) is 3.90. The minimum Gasteiger partial charge on any atom is -0.550 e. The summed E-state index contributed by atoms with van der Waals surface area (Å²) in [6.45, 7) is 1.06. The SMILES string of the molecule is O=C([O-])CCC(=O)Nc1ccc(S(=O)(=O)N2CCCCCC2)cc1. The van der Waals surface area contributed by atoms with Gasteiger partial charge in [0.25, 0.3) is 0 Å². The minimum atomic E-state index is -3.52. The van der Waals surface area contributed by atoms with Crippen molar-refractivity contribution in [1.82, 2.24) is 4.31 Å². The Labute approximate surface area is 141 Å². The standard InChI is InChI=1S/C16H22N2O5S/c19-15(9-10-16(20)21)17-13-5-7-14(8-6-13)24(22,23)18-11-3-1-2-4-12-18/h5-8H,1-4,9-12H2,(H,17,19)(H,20,21)/p-1. The number of rotatable bonds is 6. The summed E-state index contributed by atoms with van der Waals surface area (Å²) in [7, 11) is -3.52. The maximum absolute atomic E-state index is 12.6. The molecule has 1 N–H and O–H groups in total. The van der Waals surface area contributed by atoms with E-state index in [1.165, 1.54) is 28.6 Å². The third-order valence-corrected chi connectivity index (χ3v) is 5.81. The summed E-state index contributed by atoms with van der Waals surface area (Å²) >= 11 is 0. The Morgan fingerprint density at radius 1 is 1.00 bits per heavy atom. The van der Waals surface area contributed by atoms with Crippen LogP contribution in [0.3, 0.4) is 0 Å². The van der Waals surface area contributed by atoms with Crippen molar-refractivity contribution >= 4 is 27.6 Å². The lowest BCUT2D eigenvalue weighted by Crippen LogP contribution is -2.31. The van der Waals surface area contributed by atoms with E-state index in [1.54, 1.807) is 0 Å². The summed E-state index contributed by atoms with van der Waals surface area (Å²) in [6.07, 6.45) is 3.28. The van der Waals surface area contributed by atoms with E-state index in [0.29, 0.717) is 18.8 Å². The monoisotopic (exact) mass is 353 g/mol. The fraction of sp³-hybridized carbons (Fsp3) is 0.500. The first-order valence-electron chi connectivity index (χ1n) is 7.99. The number of carbonyl (C=O) groups is 2. The van der Waals surface area contributed by atoms with E-state index in [9.17, 15) is 23.1 Å². The molecule has 0 spiro atoms. The number of nitrogens with zero attached hydrogens (tertiary/aromatic N) is 1. The van der Waals surface area contributed by atoms with Gasteiger partial charge in [0, 0.05) is 31.2 Å². The molecular weight excluding hydrogens is 332 g/mol.